The van der Waals surface area contributed by atoms with Gasteiger partial charge in [-0.15, -0.1) is 10.2 Å². The summed E-state index contributed by atoms with van der Waals surface area (Å²) in [5.74, 6) is 1.50. The number of ether oxygens (including phenoxy) is 1. The molecule has 0 fully saturated rings. The van der Waals surface area contributed by atoms with Crippen molar-refractivity contribution in [1.82, 2.24) is 15.2 Å². The van der Waals surface area contributed by atoms with Crippen LogP contribution in [0.15, 0.2) is 59.0 Å². The Labute approximate surface area is 149 Å². The summed E-state index contributed by atoms with van der Waals surface area (Å²) in [5, 5.41) is 17.9. The molecule has 0 atom stereocenters. The van der Waals surface area contributed by atoms with E-state index in [1.165, 1.54) is 0 Å². The van der Waals surface area contributed by atoms with Gasteiger partial charge in [0.1, 0.15) is 5.75 Å². The summed E-state index contributed by atoms with van der Waals surface area (Å²) in [6, 6.07) is 18.7. The van der Waals surface area contributed by atoms with Gasteiger partial charge in [-0.3, -0.25) is 4.98 Å². The highest BCUT2D eigenvalue weighted by Gasteiger charge is 2.11. The van der Waals surface area contributed by atoms with Gasteiger partial charge in [-0.1, -0.05) is 12.1 Å². The van der Waals surface area contributed by atoms with E-state index in [1.54, 1.807) is 24.3 Å². The van der Waals surface area contributed by atoms with Crippen molar-refractivity contribution in [2.75, 3.05) is 0 Å². The molecule has 0 radical (unpaired) electrons. The number of aromatic nitrogens is 3. The number of rotatable bonds is 4. The van der Waals surface area contributed by atoms with Crippen LogP contribution in [0.4, 0.5) is 0 Å². The van der Waals surface area contributed by atoms with Crippen molar-refractivity contribution in [2.45, 2.75) is 13.5 Å². The molecule has 0 N–H and O–H groups in total. The fraction of sp³-hybridized carbons (Fsp3) is 0.100. The van der Waals surface area contributed by atoms with Crippen LogP contribution in [0.5, 0.6) is 5.75 Å². The standard InChI is InChI=1S/C20H14N4O2/c1-13-10-18(16-4-2-3-5-17(16)22-13)25-12-19-23-24-20(26-19)15-8-6-14(11-21)7-9-15/h2-10H,12H2,1H3. The smallest absolute Gasteiger partial charge is 0.254 e. The van der Waals surface area contributed by atoms with Gasteiger partial charge in [0.05, 0.1) is 17.1 Å². The van der Waals surface area contributed by atoms with Crippen LogP contribution in [0.1, 0.15) is 17.1 Å². The Bertz CT molecular complexity index is 1110. The molecule has 0 aliphatic heterocycles. The quantitative estimate of drug-likeness (QED) is 0.556. The molecule has 0 aliphatic carbocycles. The van der Waals surface area contributed by atoms with E-state index in [0.29, 0.717) is 17.3 Å². The molecule has 2 aromatic heterocycles. The summed E-state index contributed by atoms with van der Waals surface area (Å²) in [4.78, 5) is 4.49. The lowest BCUT2D eigenvalue weighted by atomic mass is 10.1. The predicted molar refractivity (Wildman–Crippen MR) is 95.3 cm³/mol. The van der Waals surface area contributed by atoms with E-state index < -0.39 is 0 Å². The molecule has 2 heterocycles. The van der Waals surface area contributed by atoms with Gasteiger partial charge in [0.15, 0.2) is 6.61 Å². The van der Waals surface area contributed by atoms with E-state index >= 15 is 0 Å². The molecule has 4 rings (SSSR count). The van der Waals surface area contributed by atoms with Crippen LogP contribution in [-0.4, -0.2) is 15.2 Å². The number of para-hydroxylation sites is 1. The van der Waals surface area contributed by atoms with Crippen LogP contribution in [0.25, 0.3) is 22.4 Å². The first-order valence-electron chi connectivity index (χ1n) is 8.05. The number of hydrogen-bond acceptors (Lipinski definition) is 6. The second-order valence-electron chi connectivity index (χ2n) is 5.76. The lowest BCUT2D eigenvalue weighted by Gasteiger charge is -2.08. The number of nitriles is 1. The maximum Gasteiger partial charge on any atom is 0.254 e. The van der Waals surface area contributed by atoms with Gasteiger partial charge in [-0.25, -0.2) is 0 Å². The molecule has 0 bridgehead atoms. The van der Waals surface area contributed by atoms with Crippen LogP contribution in [0, 0.1) is 18.3 Å². The maximum atomic E-state index is 8.85. The van der Waals surface area contributed by atoms with E-state index in [0.717, 1.165) is 27.9 Å². The molecule has 0 saturated carbocycles. The van der Waals surface area contributed by atoms with Crippen LogP contribution >= 0.6 is 0 Å². The predicted octanol–water partition coefficient (Wildman–Crippen LogP) is 4.04. The highest BCUT2D eigenvalue weighted by molar-refractivity contribution is 5.85. The summed E-state index contributed by atoms with van der Waals surface area (Å²) < 4.78 is 11.6. The second kappa shape index (κ2) is 6.65. The number of nitrogens with zero attached hydrogens (tertiary/aromatic N) is 4. The van der Waals surface area contributed by atoms with Crippen LogP contribution in [0.3, 0.4) is 0 Å². The van der Waals surface area contributed by atoms with Gasteiger partial charge >= 0.3 is 0 Å². The van der Waals surface area contributed by atoms with Crippen molar-refractivity contribution < 1.29 is 9.15 Å². The minimum atomic E-state index is 0.163. The summed E-state index contributed by atoms with van der Waals surface area (Å²) >= 11 is 0. The summed E-state index contributed by atoms with van der Waals surface area (Å²) in [7, 11) is 0. The van der Waals surface area contributed by atoms with E-state index in [9.17, 15) is 0 Å². The van der Waals surface area contributed by atoms with Crippen LogP contribution in [-0.2, 0) is 6.61 Å². The fourth-order valence-corrected chi connectivity index (χ4v) is 2.64. The maximum absolute atomic E-state index is 8.85. The Kier molecular flexibility index (Phi) is 4.04. The molecular formula is C20H14N4O2. The lowest BCUT2D eigenvalue weighted by Crippen LogP contribution is -1.98. The minimum Gasteiger partial charge on any atom is -0.483 e. The molecule has 6 heteroatoms. The van der Waals surface area contributed by atoms with Gasteiger partial charge in [0.25, 0.3) is 5.89 Å². The van der Waals surface area contributed by atoms with E-state index in [2.05, 4.69) is 21.3 Å². The first kappa shape index (κ1) is 15.8. The highest BCUT2D eigenvalue weighted by Crippen LogP contribution is 2.26. The van der Waals surface area contributed by atoms with Crippen molar-refractivity contribution in [3.63, 3.8) is 0 Å². The normalized spacial score (nSPS) is 10.6. The number of fused-ring (bicyclic) bond motifs is 1. The Morgan fingerprint density at radius 3 is 2.69 bits per heavy atom. The van der Waals surface area contributed by atoms with Gasteiger partial charge < -0.3 is 9.15 Å². The molecule has 6 nitrogen and oxygen atoms in total. The van der Waals surface area contributed by atoms with Crippen molar-refractivity contribution in [1.29, 1.82) is 5.26 Å². The number of hydrogen-bond donors (Lipinski definition) is 0. The van der Waals surface area contributed by atoms with Gasteiger partial charge in [-0.2, -0.15) is 5.26 Å². The fourth-order valence-electron chi connectivity index (χ4n) is 2.64. The van der Waals surface area contributed by atoms with Gasteiger partial charge in [0, 0.05) is 22.7 Å². The van der Waals surface area contributed by atoms with Crippen molar-refractivity contribution in [3.8, 4) is 23.3 Å². The first-order chi connectivity index (χ1) is 12.7. The monoisotopic (exact) mass is 342 g/mol. The highest BCUT2D eigenvalue weighted by atomic mass is 16.5. The first-order valence-corrected chi connectivity index (χ1v) is 8.05. The Hall–Kier alpha value is -3.72. The molecule has 0 spiro atoms. The van der Waals surface area contributed by atoms with Gasteiger partial charge in [-0.05, 0) is 43.3 Å². The molecule has 0 aliphatic rings. The van der Waals surface area contributed by atoms with E-state index in [-0.39, 0.29) is 6.61 Å². The Morgan fingerprint density at radius 1 is 1.08 bits per heavy atom. The lowest BCUT2D eigenvalue weighted by molar-refractivity contribution is 0.267. The Balaban J connectivity index is 1.54. The molecule has 126 valence electrons. The number of pyridine rings is 1. The van der Waals surface area contributed by atoms with Crippen molar-refractivity contribution >= 4 is 10.9 Å². The van der Waals surface area contributed by atoms with Crippen molar-refractivity contribution in [2.24, 2.45) is 0 Å². The summed E-state index contributed by atoms with van der Waals surface area (Å²) in [6.45, 7) is 2.09. The summed E-state index contributed by atoms with van der Waals surface area (Å²) in [5.41, 5.74) is 3.10. The molecule has 0 unspecified atom stereocenters. The third-order valence-corrected chi connectivity index (χ3v) is 3.89. The molecular weight excluding hydrogens is 328 g/mol. The molecule has 4 aromatic rings. The van der Waals surface area contributed by atoms with Crippen LogP contribution in [0.2, 0.25) is 0 Å². The number of benzene rings is 2. The molecule has 26 heavy (non-hydrogen) atoms. The zero-order valence-electron chi connectivity index (χ0n) is 14.0. The zero-order chi connectivity index (χ0) is 17.9. The third kappa shape index (κ3) is 3.10. The average molecular weight is 342 g/mol. The minimum absolute atomic E-state index is 0.163. The van der Waals surface area contributed by atoms with E-state index in [4.69, 9.17) is 14.4 Å². The average Bonchev–Trinajstić information content (AvgIpc) is 3.15. The second-order valence-corrected chi connectivity index (χ2v) is 5.76. The largest absolute Gasteiger partial charge is 0.483 e. The zero-order valence-corrected chi connectivity index (χ0v) is 14.0. The summed E-state index contributed by atoms with van der Waals surface area (Å²) in [6.07, 6.45) is 0. The molecule has 0 amide bonds. The molecule has 0 saturated heterocycles. The van der Waals surface area contributed by atoms with E-state index in [1.807, 2.05) is 37.3 Å². The van der Waals surface area contributed by atoms with Gasteiger partial charge in [0.2, 0.25) is 5.89 Å². The molecule has 2 aromatic carbocycles. The number of aryl methyl sites for hydroxylation is 1. The topological polar surface area (TPSA) is 84.8 Å². The SMILES string of the molecule is Cc1cc(OCc2nnc(-c3ccc(C#N)cc3)o2)c2ccccc2n1. The third-order valence-electron chi connectivity index (χ3n) is 3.89. The van der Waals surface area contributed by atoms with Crippen LogP contribution < -0.4 is 4.74 Å². The van der Waals surface area contributed by atoms with Crippen molar-refractivity contribution in [3.05, 3.63) is 71.7 Å². The Morgan fingerprint density at radius 2 is 1.88 bits per heavy atom.